The van der Waals surface area contributed by atoms with E-state index in [4.69, 9.17) is 14.5 Å². The number of aliphatic imine (C=N–C) groups is 1. The number of alkyl halides is 3. The smallest absolute Gasteiger partial charge is 0.382 e. The van der Waals surface area contributed by atoms with Crippen molar-refractivity contribution in [3.05, 3.63) is 35.4 Å². The summed E-state index contributed by atoms with van der Waals surface area (Å²) in [5.74, 6) is 1.24. The molecule has 0 saturated carbocycles. The average Bonchev–Trinajstić information content (AvgIpc) is 3.17. The van der Waals surface area contributed by atoms with Gasteiger partial charge in [-0.1, -0.05) is 32.0 Å². The van der Waals surface area contributed by atoms with Gasteiger partial charge in [0.05, 0.1) is 31.9 Å². The van der Waals surface area contributed by atoms with Crippen LogP contribution in [0.15, 0.2) is 29.3 Å². The first kappa shape index (κ1) is 24.5. The maximum Gasteiger partial charge on any atom is 0.416 e. The van der Waals surface area contributed by atoms with Gasteiger partial charge in [0.25, 0.3) is 0 Å². The molecule has 170 valence electrons. The summed E-state index contributed by atoms with van der Waals surface area (Å²) in [5.41, 5.74) is -0.521. The summed E-state index contributed by atoms with van der Waals surface area (Å²) >= 11 is 0. The highest BCUT2D eigenvalue weighted by molar-refractivity contribution is 5.80. The number of guanidine groups is 1. The van der Waals surface area contributed by atoms with Crippen molar-refractivity contribution in [2.75, 3.05) is 53.1 Å². The summed E-state index contributed by atoms with van der Waals surface area (Å²) < 4.78 is 49.9. The fourth-order valence-corrected chi connectivity index (χ4v) is 3.46. The molecule has 5 nitrogen and oxygen atoms in total. The van der Waals surface area contributed by atoms with E-state index in [1.54, 1.807) is 13.2 Å². The lowest BCUT2D eigenvalue weighted by atomic mass is 9.84. The molecule has 1 fully saturated rings. The number of ether oxygens (including phenoxy) is 2. The Kier molecular flexibility index (Phi) is 8.97. The van der Waals surface area contributed by atoms with Gasteiger partial charge in [0.15, 0.2) is 5.96 Å². The van der Waals surface area contributed by atoms with Crippen LogP contribution in [-0.4, -0.2) is 64.0 Å². The van der Waals surface area contributed by atoms with E-state index in [1.165, 1.54) is 12.1 Å². The zero-order valence-corrected chi connectivity index (χ0v) is 18.4. The number of rotatable bonds is 9. The maximum atomic E-state index is 13.1. The van der Waals surface area contributed by atoms with Crippen molar-refractivity contribution in [2.45, 2.75) is 38.8 Å². The number of halogens is 3. The molecule has 0 radical (unpaired) electrons. The molecule has 1 saturated heterocycles. The first-order valence-electron chi connectivity index (χ1n) is 10.4. The van der Waals surface area contributed by atoms with Gasteiger partial charge < -0.3 is 19.7 Å². The fraction of sp³-hybridized carbons (Fsp3) is 0.682. The first-order valence-corrected chi connectivity index (χ1v) is 10.4. The molecule has 0 spiro atoms. The van der Waals surface area contributed by atoms with E-state index < -0.39 is 17.2 Å². The predicted octanol–water partition coefficient (Wildman–Crippen LogP) is 3.93. The van der Waals surface area contributed by atoms with E-state index in [2.05, 4.69) is 10.2 Å². The van der Waals surface area contributed by atoms with Crippen LogP contribution in [0.4, 0.5) is 13.2 Å². The van der Waals surface area contributed by atoms with Crippen molar-refractivity contribution >= 4 is 5.96 Å². The molecule has 1 N–H and O–H groups in total. The highest BCUT2D eigenvalue weighted by Crippen LogP contribution is 2.33. The Hall–Kier alpha value is -1.80. The van der Waals surface area contributed by atoms with Gasteiger partial charge in [-0.15, -0.1) is 0 Å². The van der Waals surface area contributed by atoms with Gasteiger partial charge in [0, 0.05) is 38.1 Å². The topological polar surface area (TPSA) is 46.1 Å². The van der Waals surface area contributed by atoms with E-state index in [1.807, 2.05) is 20.8 Å². The van der Waals surface area contributed by atoms with Gasteiger partial charge >= 0.3 is 6.18 Å². The number of hydrogen-bond acceptors (Lipinski definition) is 3. The van der Waals surface area contributed by atoms with Gasteiger partial charge in [0.1, 0.15) is 0 Å². The normalized spacial score (nSPS) is 18.2. The van der Waals surface area contributed by atoms with E-state index in [-0.39, 0.29) is 0 Å². The molecule has 30 heavy (non-hydrogen) atoms. The summed E-state index contributed by atoms with van der Waals surface area (Å²) in [6, 6.07) is 5.53. The van der Waals surface area contributed by atoms with Crippen molar-refractivity contribution in [1.29, 1.82) is 0 Å². The van der Waals surface area contributed by atoms with Gasteiger partial charge in [-0.05, 0) is 25.0 Å². The van der Waals surface area contributed by atoms with Crippen LogP contribution in [0.25, 0.3) is 0 Å². The lowest BCUT2D eigenvalue weighted by molar-refractivity contribution is -0.137. The van der Waals surface area contributed by atoms with E-state index in [0.29, 0.717) is 37.8 Å². The molecule has 1 aromatic rings. The van der Waals surface area contributed by atoms with Crippen molar-refractivity contribution in [3.63, 3.8) is 0 Å². The SMILES string of the molecule is CCNC(=NCC(C)(C)c1cccc(C(F)(F)F)c1)N1CCC(COCCOC)C1. The molecule has 1 heterocycles. The minimum atomic E-state index is -4.35. The molecule has 0 bridgehead atoms. The Morgan fingerprint density at radius 2 is 1.97 bits per heavy atom. The molecule has 2 rings (SSSR count). The Morgan fingerprint density at radius 1 is 1.23 bits per heavy atom. The number of nitrogens with zero attached hydrogens (tertiary/aromatic N) is 2. The largest absolute Gasteiger partial charge is 0.416 e. The second-order valence-corrected chi connectivity index (χ2v) is 8.30. The van der Waals surface area contributed by atoms with Crippen LogP contribution in [0, 0.1) is 5.92 Å². The maximum absolute atomic E-state index is 13.1. The number of benzene rings is 1. The lowest BCUT2D eigenvalue weighted by Gasteiger charge is -2.27. The molecular formula is C22H34F3N3O2. The number of likely N-dealkylation sites (tertiary alicyclic amines) is 1. The Labute approximate surface area is 177 Å². The van der Waals surface area contributed by atoms with Crippen molar-refractivity contribution < 1.29 is 22.6 Å². The number of nitrogens with one attached hydrogen (secondary N) is 1. The Morgan fingerprint density at radius 3 is 2.63 bits per heavy atom. The van der Waals surface area contributed by atoms with E-state index in [9.17, 15) is 13.2 Å². The fourth-order valence-electron chi connectivity index (χ4n) is 3.46. The predicted molar refractivity (Wildman–Crippen MR) is 113 cm³/mol. The highest BCUT2D eigenvalue weighted by Gasteiger charge is 2.32. The number of hydrogen-bond donors (Lipinski definition) is 1. The monoisotopic (exact) mass is 429 g/mol. The van der Waals surface area contributed by atoms with Crippen molar-refractivity contribution in [2.24, 2.45) is 10.9 Å². The quantitative estimate of drug-likeness (QED) is 0.367. The minimum Gasteiger partial charge on any atom is -0.382 e. The lowest BCUT2D eigenvalue weighted by Crippen LogP contribution is -2.41. The van der Waals surface area contributed by atoms with Gasteiger partial charge in [-0.25, -0.2) is 0 Å². The zero-order valence-electron chi connectivity index (χ0n) is 18.4. The van der Waals surface area contributed by atoms with E-state index in [0.717, 1.165) is 38.1 Å². The van der Waals surface area contributed by atoms with Gasteiger partial charge in [-0.2, -0.15) is 13.2 Å². The molecule has 0 aromatic heterocycles. The van der Waals surface area contributed by atoms with Gasteiger partial charge in [-0.3, -0.25) is 4.99 Å². The molecule has 1 aromatic carbocycles. The van der Waals surface area contributed by atoms with Gasteiger partial charge in [0.2, 0.25) is 0 Å². The summed E-state index contributed by atoms with van der Waals surface area (Å²) in [4.78, 5) is 6.97. The first-order chi connectivity index (χ1) is 14.2. The Bertz CT molecular complexity index is 692. The minimum absolute atomic E-state index is 0.391. The second-order valence-electron chi connectivity index (χ2n) is 8.30. The van der Waals surface area contributed by atoms with Crippen LogP contribution < -0.4 is 5.32 Å². The zero-order chi connectivity index (χ0) is 22.2. The molecule has 1 unspecified atom stereocenters. The van der Waals surface area contributed by atoms with E-state index >= 15 is 0 Å². The van der Waals surface area contributed by atoms with Crippen LogP contribution in [0.5, 0.6) is 0 Å². The molecular weight excluding hydrogens is 395 g/mol. The van der Waals surface area contributed by atoms with Crippen LogP contribution in [0.2, 0.25) is 0 Å². The summed E-state index contributed by atoms with van der Waals surface area (Å²) in [6.07, 6.45) is -3.32. The summed E-state index contributed by atoms with van der Waals surface area (Å²) in [7, 11) is 1.65. The molecule has 1 aliphatic rings. The van der Waals surface area contributed by atoms with Crippen molar-refractivity contribution in [3.8, 4) is 0 Å². The molecule has 8 heteroatoms. The molecule has 0 amide bonds. The molecule has 1 atom stereocenters. The van der Waals surface area contributed by atoms with Crippen LogP contribution in [0.1, 0.15) is 38.3 Å². The third-order valence-electron chi connectivity index (χ3n) is 5.30. The van der Waals surface area contributed by atoms with Crippen LogP contribution in [-0.2, 0) is 21.1 Å². The molecule has 0 aliphatic carbocycles. The standard InChI is InChI=1S/C22H34F3N3O2/c1-5-26-20(28-10-9-17(14-28)15-30-12-11-29-4)27-16-21(2,3)18-7-6-8-19(13-18)22(23,24)25/h6-8,13,17H,5,9-12,14-16H2,1-4H3,(H,26,27). The summed E-state index contributed by atoms with van der Waals surface area (Å²) in [5, 5.41) is 3.32. The second kappa shape index (κ2) is 11.0. The third-order valence-corrected chi connectivity index (χ3v) is 5.30. The third kappa shape index (κ3) is 7.16. The average molecular weight is 430 g/mol. The Balaban J connectivity index is 2.03. The van der Waals surface area contributed by atoms with Crippen LogP contribution in [0.3, 0.4) is 0 Å². The summed E-state index contributed by atoms with van der Waals surface area (Å²) in [6.45, 7) is 10.6. The number of methoxy groups -OCH3 is 1. The van der Waals surface area contributed by atoms with Crippen LogP contribution >= 0.6 is 0 Å². The highest BCUT2D eigenvalue weighted by atomic mass is 19.4. The van der Waals surface area contributed by atoms with Crippen molar-refractivity contribution in [1.82, 2.24) is 10.2 Å². The molecule has 1 aliphatic heterocycles.